The van der Waals surface area contributed by atoms with Crippen LogP contribution >= 0.6 is 0 Å². The zero-order valence-corrected chi connectivity index (χ0v) is 39.5. The summed E-state index contributed by atoms with van der Waals surface area (Å²) in [7, 11) is 0. The Morgan fingerprint density at radius 1 is 0.250 bits per heavy atom. The Kier molecular flexibility index (Phi) is 9.89. The average molecular weight is 915 g/mol. The summed E-state index contributed by atoms with van der Waals surface area (Å²) in [6, 6.07) is 102. The SMILES string of the molecule is c1ccc(-c2c(-c3ccccc3)c3cc(-c4cccc(N(c5ccc(-c6cccc7c8ccccc8n(-c8ccccc8)c67)cc5)c5ccc6c(ccc7ccccc76)c5)c4)ccc3c3ccccc23)cc1. The molecule has 336 valence electrons. The van der Waals surface area contributed by atoms with Gasteiger partial charge in [0, 0.05) is 39.1 Å². The fourth-order valence-electron chi connectivity index (χ4n) is 11.5. The van der Waals surface area contributed by atoms with Crippen LogP contribution in [0.5, 0.6) is 0 Å². The van der Waals surface area contributed by atoms with E-state index in [4.69, 9.17) is 0 Å². The van der Waals surface area contributed by atoms with Gasteiger partial charge in [0.15, 0.2) is 0 Å². The number of rotatable bonds is 8. The van der Waals surface area contributed by atoms with E-state index in [0.717, 1.165) is 39.4 Å². The van der Waals surface area contributed by atoms with Crippen molar-refractivity contribution in [3.63, 3.8) is 0 Å². The molecule has 13 aromatic carbocycles. The molecule has 2 nitrogen and oxygen atoms in total. The van der Waals surface area contributed by atoms with Crippen molar-refractivity contribution in [1.82, 2.24) is 4.57 Å². The van der Waals surface area contributed by atoms with E-state index in [9.17, 15) is 0 Å². The van der Waals surface area contributed by atoms with Gasteiger partial charge in [0.25, 0.3) is 0 Å². The second kappa shape index (κ2) is 17.2. The van der Waals surface area contributed by atoms with E-state index < -0.39 is 0 Å². The molecule has 0 atom stereocenters. The van der Waals surface area contributed by atoms with Crippen LogP contribution in [-0.2, 0) is 0 Å². The van der Waals surface area contributed by atoms with Crippen molar-refractivity contribution >= 4 is 82.0 Å². The number of aromatic nitrogens is 1. The molecule has 1 heterocycles. The third kappa shape index (κ3) is 6.88. The van der Waals surface area contributed by atoms with Gasteiger partial charge in [0.05, 0.1) is 11.0 Å². The van der Waals surface area contributed by atoms with Crippen molar-refractivity contribution in [2.45, 2.75) is 0 Å². The van der Waals surface area contributed by atoms with Crippen molar-refractivity contribution in [3.05, 3.63) is 279 Å². The van der Waals surface area contributed by atoms with Gasteiger partial charge < -0.3 is 9.47 Å². The van der Waals surface area contributed by atoms with Crippen LogP contribution in [-0.4, -0.2) is 4.57 Å². The lowest BCUT2D eigenvalue weighted by molar-refractivity contribution is 1.18. The summed E-state index contributed by atoms with van der Waals surface area (Å²) in [6.45, 7) is 0. The predicted octanol–water partition coefficient (Wildman–Crippen LogP) is 19.5. The normalized spacial score (nSPS) is 11.6. The maximum absolute atomic E-state index is 2.42. The molecule has 0 saturated heterocycles. The molecule has 0 spiro atoms. The molecule has 72 heavy (non-hydrogen) atoms. The van der Waals surface area contributed by atoms with Gasteiger partial charge >= 0.3 is 0 Å². The fraction of sp³-hybridized carbons (Fsp3) is 0. The molecular formula is C70H46N2. The van der Waals surface area contributed by atoms with E-state index in [1.807, 2.05) is 0 Å². The van der Waals surface area contributed by atoms with Gasteiger partial charge in [-0.2, -0.15) is 0 Å². The first-order valence-electron chi connectivity index (χ1n) is 24.8. The van der Waals surface area contributed by atoms with Crippen LogP contribution in [0, 0.1) is 0 Å². The lowest BCUT2D eigenvalue weighted by Crippen LogP contribution is -2.10. The number of nitrogens with zero attached hydrogens (tertiary/aromatic N) is 2. The molecule has 14 rings (SSSR count). The second-order valence-corrected chi connectivity index (χ2v) is 18.8. The van der Waals surface area contributed by atoms with Crippen molar-refractivity contribution in [3.8, 4) is 50.2 Å². The van der Waals surface area contributed by atoms with E-state index in [0.29, 0.717) is 0 Å². The number of para-hydroxylation sites is 3. The van der Waals surface area contributed by atoms with Gasteiger partial charge in [0.1, 0.15) is 0 Å². The Bertz CT molecular complexity index is 4360. The molecule has 0 aliphatic rings. The highest BCUT2D eigenvalue weighted by Gasteiger charge is 2.21. The van der Waals surface area contributed by atoms with Gasteiger partial charge in [0.2, 0.25) is 0 Å². The smallest absolute Gasteiger partial charge is 0.0619 e. The zero-order chi connectivity index (χ0) is 47.5. The number of hydrogen-bond donors (Lipinski definition) is 0. The van der Waals surface area contributed by atoms with E-state index >= 15 is 0 Å². The molecule has 0 saturated carbocycles. The quantitative estimate of drug-likeness (QED) is 0.138. The number of benzene rings is 13. The lowest BCUT2D eigenvalue weighted by atomic mass is 9.84. The van der Waals surface area contributed by atoms with Crippen molar-refractivity contribution in [1.29, 1.82) is 0 Å². The Labute approximate surface area is 418 Å². The third-order valence-corrected chi connectivity index (χ3v) is 14.7. The van der Waals surface area contributed by atoms with Crippen LogP contribution in [0.3, 0.4) is 0 Å². The van der Waals surface area contributed by atoms with Crippen LogP contribution in [0.15, 0.2) is 279 Å². The summed E-state index contributed by atoms with van der Waals surface area (Å²) in [5.41, 5.74) is 16.4. The minimum atomic E-state index is 1.08. The topological polar surface area (TPSA) is 8.17 Å². The molecule has 0 aliphatic heterocycles. The lowest BCUT2D eigenvalue weighted by Gasteiger charge is -2.27. The standard InChI is InChI=1S/C70H46N2/c1-4-19-49(20-5-1)68-64-30-13-12-28-61(64)62-42-38-52(46-66(62)69(68)50-21-6-2-7-22-50)51-23-16-26-56(44-51)71(57-41-43-59-53(45-57)35-34-47-18-10-11-27-58(47)59)55-39-36-48(37-40-55)60-31-17-32-65-63-29-14-15-33-67(63)72(70(60)65)54-24-8-3-9-25-54/h1-46H. The summed E-state index contributed by atoms with van der Waals surface area (Å²) >= 11 is 0. The molecule has 0 fully saturated rings. The molecule has 14 aromatic rings. The van der Waals surface area contributed by atoms with Crippen molar-refractivity contribution in [2.75, 3.05) is 4.90 Å². The molecule has 0 amide bonds. The first kappa shape index (κ1) is 41.5. The van der Waals surface area contributed by atoms with Crippen LogP contribution in [0.25, 0.3) is 115 Å². The molecule has 1 aromatic heterocycles. The van der Waals surface area contributed by atoms with E-state index in [2.05, 4.69) is 289 Å². The van der Waals surface area contributed by atoms with Crippen LogP contribution in [0.1, 0.15) is 0 Å². The van der Waals surface area contributed by atoms with Gasteiger partial charge in [-0.1, -0.05) is 218 Å². The maximum Gasteiger partial charge on any atom is 0.0619 e. The van der Waals surface area contributed by atoms with Crippen LogP contribution in [0.2, 0.25) is 0 Å². The largest absolute Gasteiger partial charge is 0.310 e. The van der Waals surface area contributed by atoms with Crippen molar-refractivity contribution < 1.29 is 0 Å². The van der Waals surface area contributed by atoms with Crippen molar-refractivity contribution in [2.24, 2.45) is 0 Å². The first-order chi connectivity index (χ1) is 35.7. The molecular weight excluding hydrogens is 869 g/mol. The molecule has 2 heteroatoms. The van der Waals surface area contributed by atoms with Gasteiger partial charge in [-0.25, -0.2) is 0 Å². The summed E-state index contributed by atoms with van der Waals surface area (Å²) < 4.78 is 2.42. The number of fused-ring (bicyclic) bond motifs is 9. The summed E-state index contributed by atoms with van der Waals surface area (Å²) in [4.78, 5) is 2.42. The summed E-state index contributed by atoms with van der Waals surface area (Å²) in [6.07, 6.45) is 0. The molecule has 0 bridgehead atoms. The summed E-state index contributed by atoms with van der Waals surface area (Å²) in [5.74, 6) is 0. The van der Waals surface area contributed by atoms with E-state index in [1.165, 1.54) is 92.7 Å². The van der Waals surface area contributed by atoms with Crippen LogP contribution < -0.4 is 4.90 Å². The first-order valence-corrected chi connectivity index (χ1v) is 24.8. The minimum Gasteiger partial charge on any atom is -0.310 e. The highest BCUT2D eigenvalue weighted by Crippen LogP contribution is 2.47. The van der Waals surface area contributed by atoms with Gasteiger partial charge in [-0.3, -0.25) is 0 Å². The maximum atomic E-state index is 2.42. The second-order valence-electron chi connectivity index (χ2n) is 18.8. The molecule has 0 radical (unpaired) electrons. The Hall–Kier alpha value is -9.50. The third-order valence-electron chi connectivity index (χ3n) is 14.7. The highest BCUT2D eigenvalue weighted by atomic mass is 15.1. The highest BCUT2D eigenvalue weighted by molar-refractivity contribution is 6.22. The monoisotopic (exact) mass is 914 g/mol. The predicted molar refractivity (Wildman–Crippen MR) is 307 cm³/mol. The fourth-order valence-corrected chi connectivity index (χ4v) is 11.5. The Morgan fingerprint density at radius 2 is 0.764 bits per heavy atom. The Balaban J connectivity index is 0.945. The van der Waals surface area contributed by atoms with Crippen LogP contribution in [0.4, 0.5) is 17.1 Å². The Morgan fingerprint density at radius 3 is 1.54 bits per heavy atom. The summed E-state index contributed by atoms with van der Waals surface area (Å²) in [5, 5.41) is 12.4. The minimum absolute atomic E-state index is 1.08. The average Bonchev–Trinajstić information content (AvgIpc) is 3.80. The molecule has 0 N–H and O–H groups in total. The van der Waals surface area contributed by atoms with Gasteiger partial charge in [-0.05, 0) is 143 Å². The van der Waals surface area contributed by atoms with Gasteiger partial charge in [-0.15, -0.1) is 0 Å². The molecule has 0 aliphatic carbocycles. The zero-order valence-electron chi connectivity index (χ0n) is 39.5. The number of hydrogen-bond acceptors (Lipinski definition) is 1. The van der Waals surface area contributed by atoms with E-state index in [1.54, 1.807) is 0 Å². The van der Waals surface area contributed by atoms with E-state index in [-0.39, 0.29) is 0 Å². The number of anilines is 3. The molecule has 0 unspecified atom stereocenters.